The minimum atomic E-state index is -3.68. The molecule has 0 radical (unpaired) electrons. The van der Waals surface area contributed by atoms with Crippen LogP contribution in [-0.2, 0) is 37.8 Å². The number of rotatable bonds is 11. The molecule has 1 aliphatic heterocycles. The molecule has 2 aromatic carbocycles. The van der Waals surface area contributed by atoms with Crippen LogP contribution in [0.2, 0.25) is 0 Å². The van der Waals surface area contributed by atoms with Crippen LogP contribution in [0, 0.1) is 5.92 Å². The third-order valence-electron chi connectivity index (χ3n) is 5.91. The molecule has 0 aromatic heterocycles. The van der Waals surface area contributed by atoms with Crippen LogP contribution in [0.25, 0.3) is 0 Å². The molecule has 2 N–H and O–H groups in total. The van der Waals surface area contributed by atoms with Crippen molar-refractivity contribution in [1.82, 2.24) is 14.3 Å². The summed E-state index contributed by atoms with van der Waals surface area (Å²) in [5.74, 6) is -0.220. The van der Waals surface area contributed by atoms with Crippen LogP contribution in [-0.4, -0.2) is 60.8 Å². The van der Waals surface area contributed by atoms with E-state index in [1.165, 1.54) is 16.4 Å². The van der Waals surface area contributed by atoms with Crippen molar-refractivity contribution < 1.29 is 21.6 Å². The average molecular weight is 521 g/mol. The van der Waals surface area contributed by atoms with Crippen molar-refractivity contribution >= 4 is 31.6 Å². The number of sulfonamides is 2. The molecular weight excluding hydrogens is 488 g/mol. The lowest BCUT2D eigenvalue weighted by molar-refractivity contribution is -0.120. The van der Waals surface area contributed by atoms with Gasteiger partial charge in [0.25, 0.3) is 0 Å². The van der Waals surface area contributed by atoms with Gasteiger partial charge in [-0.3, -0.25) is 4.79 Å². The quantitative estimate of drug-likeness (QED) is 0.466. The van der Waals surface area contributed by atoms with Crippen LogP contribution in [0.3, 0.4) is 0 Å². The fourth-order valence-corrected chi connectivity index (χ4v) is 5.88. The minimum Gasteiger partial charge on any atom is -0.378 e. The molecule has 1 fully saturated rings. The smallest absolute Gasteiger partial charge is 0.243 e. The predicted octanol–water partition coefficient (Wildman–Crippen LogP) is 1.69. The molecule has 0 aliphatic carbocycles. The maximum atomic E-state index is 13.0. The van der Waals surface area contributed by atoms with Crippen LogP contribution in [0.15, 0.2) is 65.4 Å². The molecule has 0 spiro atoms. The van der Waals surface area contributed by atoms with Crippen molar-refractivity contribution in [2.45, 2.75) is 24.3 Å². The molecule has 35 heavy (non-hydrogen) atoms. The van der Waals surface area contributed by atoms with E-state index in [1.807, 2.05) is 43.3 Å². The number of anilines is 1. The van der Waals surface area contributed by atoms with Crippen LogP contribution in [0.5, 0.6) is 0 Å². The molecule has 1 aliphatic rings. The predicted molar refractivity (Wildman–Crippen MR) is 137 cm³/mol. The highest BCUT2D eigenvalue weighted by atomic mass is 32.2. The number of carbonyl (C=O) groups excluding carboxylic acids is 1. The number of carbonyl (C=O) groups is 1. The second-order valence-corrected chi connectivity index (χ2v) is 12.4. The number of amides is 1. The van der Waals surface area contributed by atoms with E-state index in [4.69, 9.17) is 0 Å². The fraction of sp³-hybridized carbons (Fsp3) is 0.375. The largest absolute Gasteiger partial charge is 0.378 e. The second kappa shape index (κ2) is 11.3. The maximum Gasteiger partial charge on any atom is 0.243 e. The number of benzene rings is 2. The zero-order valence-electron chi connectivity index (χ0n) is 20.0. The zero-order chi connectivity index (χ0) is 25.6. The van der Waals surface area contributed by atoms with Crippen molar-refractivity contribution in [3.05, 3.63) is 71.6 Å². The molecule has 1 atom stereocenters. The van der Waals surface area contributed by atoms with Crippen molar-refractivity contribution in [2.75, 3.05) is 38.6 Å². The Hall–Kier alpha value is -2.73. The first-order chi connectivity index (χ1) is 16.5. The van der Waals surface area contributed by atoms with Crippen LogP contribution >= 0.6 is 0 Å². The van der Waals surface area contributed by atoms with Gasteiger partial charge in [0, 0.05) is 51.4 Å². The van der Waals surface area contributed by atoms with E-state index in [0.29, 0.717) is 19.5 Å². The van der Waals surface area contributed by atoms with E-state index in [2.05, 4.69) is 16.6 Å². The lowest BCUT2D eigenvalue weighted by atomic mass is 10.1. The van der Waals surface area contributed by atoms with Gasteiger partial charge in [-0.1, -0.05) is 30.8 Å². The standard InChI is InChI=1S/C24H32N4O5S2/c1-4-34(30,31)26-17-21-13-14-28(18-21)35(32,33)23-11-7-20(8-12-23)16-25-24(29)15-19-5-9-22(10-6-19)27(2)3/h4-12,21,26H,1,13-18H2,2-3H3,(H,25,29)/t21-/m1/s1. The van der Waals surface area contributed by atoms with E-state index < -0.39 is 20.0 Å². The number of nitrogens with zero attached hydrogens (tertiary/aromatic N) is 2. The van der Waals surface area contributed by atoms with Gasteiger partial charge < -0.3 is 10.2 Å². The Morgan fingerprint density at radius 2 is 1.69 bits per heavy atom. The van der Waals surface area contributed by atoms with Crippen molar-refractivity contribution in [2.24, 2.45) is 5.92 Å². The average Bonchev–Trinajstić information content (AvgIpc) is 3.32. The summed E-state index contributed by atoms with van der Waals surface area (Å²) in [6, 6.07) is 14.2. The number of hydrogen-bond acceptors (Lipinski definition) is 6. The molecule has 0 bridgehead atoms. The van der Waals surface area contributed by atoms with Crippen molar-refractivity contribution in [3.8, 4) is 0 Å². The third-order valence-corrected chi connectivity index (χ3v) is 8.80. The third kappa shape index (κ3) is 7.38. The normalized spacial score (nSPS) is 16.7. The first-order valence-electron chi connectivity index (χ1n) is 11.2. The van der Waals surface area contributed by atoms with Gasteiger partial charge >= 0.3 is 0 Å². The molecule has 1 heterocycles. The van der Waals surface area contributed by atoms with Gasteiger partial charge in [0.05, 0.1) is 11.3 Å². The summed E-state index contributed by atoms with van der Waals surface area (Å²) in [5, 5.41) is 3.70. The van der Waals surface area contributed by atoms with Gasteiger partial charge in [0.1, 0.15) is 0 Å². The SMILES string of the molecule is C=CS(=O)(=O)NC[C@H]1CCN(S(=O)(=O)c2ccc(CNC(=O)Cc3ccc(N(C)C)cc3)cc2)C1. The van der Waals surface area contributed by atoms with Crippen molar-refractivity contribution in [3.63, 3.8) is 0 Å². The van der Waals surface area contributed by atoms with E-state index >= 15 is 0 Å². The Morgan fingerprint density at radius 3 is 2.29 bits per heavy atom. The molecule has 3 rings (SSSR count). The summed E-state index contributed by atoms with van der Waals surface area (Å²) < 4.78 is 52.8. The zero-order valence-corrected chi connectivity index (χ0v) is 21.6. The molecule has 9 nitrogen and oxygen atoms in total. The Morgan fingerprint density at radius 1 is 1.06 bits per heavy atom. The van der Waals surface area contributed by atoms with Gasteiger partial charge in [-0.25, -0.2) is 21.6 Å². The van der Waals surface area contributed by atoms with E-state index in [-0.39, 0.29) is 36.2 Å². The summed E-state index contributed by atoms with van der Waals surface area (Å²) >= 11 is 0. The maximum absolute atomic E-state index is 13.0. The summed E-state index contributed by atoms with van der Waals surface area (Å²) in [4.78, 5) is 14.5. The van der Waals surface area contributed by atoms with E-state index in [1.54, 1.807) is 12.1 Å². The topological polar surface area (TPSA) is 116 Å². The first kappa shape index (κ1) is 26.9. The van der Waals surface area contributed by atoms with Gasteiger partial charge in [-0.15, -0.1) is 0 Å². The Balaban J connectivity index is 1.51. The Labute approximate surface area is 207 Å². The summed E-state index contributed by atoms with van der Waals surface area (Å²) in [5.41, 5.74) is 2.76. The summed E-state index contributed by atoms with van der Waals surface area (Å²) in [6.45, 7) is 4.28. The minimum absolute atomic E-state index is 0.104. The monoisotopic (exact) mass is 520 g/mol. The second-order valence-electron chi connectivity index (χ2n) is 8.74. The molecule has 1 saturated heterocycles. The highest BCUT2D eigenvalue weighted by Crippen LogP contribution is 2.24. The fourth-order valence-electron chi connectivity index (χ4n) is 3.76. The van der Waals surface area contributed by atoms with Gasteiger partial charge in [0.2, 0.25) is 26.0 Å². The molecule has 2 aromatic rings. The van der Waals surface area contributed by atoms with Crippen LogP contribution in [0.4, 0.5) is 5.69 Å². The lowest BCUT2D eigenvalue weighted by Gasteiger charge is -2.17. The van der Waals surface area contributed by atoms with E-state index in [0.717, 1.165) is 22.2 Å². The van der Waals surface area contributed by atoms with Crippen LogP contribution < -0.4 is 14.9 Å². The van der Waals surface area contributed by atoms with Gasteiger partial charge in [-0.05, 0) is 47.7 Å². The molecule has 190 valence electrons. The molecule has 0 saturated carbocycles. The van der Waals surface area contributed by atoms with Crippen molar-refractivity contribution in [1.29, 1.82) is 0 Å². The summed E-state index contributed by atoms with van der Waals surface area (Å²) in [6.07, 6.45) is 0.833. The Kier molecular flexibility index (Phi) is 8.70. The molecule has 0 unspecified atom stereocenters. The lowest BCUT2D eigenvalue weighted by Crippen LogP contribution is -2.32. The number of hydrogen-bond donors (Lipinski definition) is 2. The van der Waals surface area contributed by atoms with Gasteiger partial charge in [-0.2, -0.15) is 4.31 Å². The molecule has 1 amide bonds. The molecule has 11 heteroatoms. The highest BCUT2D eigenvalue weighted by Gasteiger charge is 2.32. The first-order valence-corrected chi connectivity index (χ1v) is 14.2. The summed E-state index contributed by atoms with van der Waals surface area (Å²) in [7, 11) is -3.31. The highest BCUT2D eigenvalue weighted by molar-refractivity contribution is 7.92. The molecular formula is C24H32N4O5S2. The van der Waals surface area contributed by atoms with E-state index in [9.17, 15) is 21.6 Å². The van der Waals surface area contributed by atoms with Crippen LogP contribution in [0.1, 0.15) is 17.5 Å². The Bertz CT molecular complexity index is 1240. The number of nitrogens with one attached hydrogen (secondary N) is 2. The van der Waals surface area contributed by atoms with Gasteiger partial charge in [0.15, 0.2) is 0 Å².